The summed E-state index contributed by atoms with van der Waals surface area (Å²) >= 11 is 5.87. The maximum Gasteiger partial charge on any atom is 0.291 e. The van der Waals surface area contributed by atoms with Gasteiger partial charge in [-0.15, -0.1) is 0 Å². The molecule has 2 N–H and O–H groups in total. The first-order chi connectivity index (χ1) is 13.0. The van der Waals surface area contributed by atoms with E-state index in [0.717, 1.165) is 5.75 Å². The van der Waals surface area contributed by atoms with E-state index in [1.807, 2.05) is 19.1 Å². The largest absolute Gasteiger partial charge is 0.506 e. The van der Waals surface area contributed by atoms with E-state index in [0.29, 0.717) is 23.1 Å². The molecule has 1 amide bonds. The van der Waals surface area contributed by atoms with Crippen LogP contribution in [0.3, 0.4) is 0 Å². The Labute approximate surface area is 161 Å². The van der Waals surface area contributed by atoms with Gasteiger partial charge in [0.2, 0.25) is 0 Å². The number of benzene rings is 2. The second-order valence-corrected chi connectivity index (χ2v) is 6.01. The minimum Gasteiger partial charge on any atom is -0.506 e. The Morgan fingerprint density at radius 3 is 2.48 bits per heavy atom. The zero-order valence-electron chi connectivity index (χ0n) is 14.6. The molecule has 27 heavy (non-hydrogen) atoms. The number of carbonyl (C=O) groups is 1. The number of rotatable bonds is 7. The Hall–Kier alpha value is -3.12. The lowest BCUT2D eigenvalue weighted by atomic mass is 10.3. The second kappa shape index (κ2) is 8.51. The summed E-state index contributed by atoms with van der Waals surface area (Å²) in [6.45, 7) is 2.69. The summed E-state index contributed by atoms with van der Waals surface area (Å²) in [6.07, 6.45) is 0. The molecule has 6 nitrogen and oxygen atoms in total. The molecule has 0 radical (unpaired) electrons. The molecule has 3 rings (SSSR count). The van der Waals surface area contributed by atoms with Gasteiger partial charge in [-0.3, -0.25) is 4.79 Å². The minimum absolute atomic E-state index is 0.0848. The number of phenols is 1. The number of furan rings is 1. The second-order valence-electron chi connectivity index (χ2n) is 5.57. The number of ether oxygens (including phenoxy) is 2. The van der Waals surface area contributed by atoms with E-state index in [2.05, 4.69) is 5.32 Å². The first-order valence-corrected chi connectivity index (χ1v) is 8.67. The van der Waals surface area contributed by atoms with Crippen LogP contribution in [0.15, 0.2) is 59.0 Å². The molecule has 140 valence electrons. The number of nitrogens with one attached hydrogen (secondary N) is 1. The van der Waals surface area contributed by atoms with Crippen LogP contribution in [-0.2, 0) is 6.61 Å². The molecule has 0 spiro atoms. The van der Waals surface area contributed by atoms with Gasteiger partial charge in [0.1, 0.15) is 29.6 Å². The van der Waals surface area contributed by atoms with Crippen LogP contribution in [0.2, 0.25) is 5.02 Å². The van der Waals surface area contributed by atoms with Crippen molar-refractivity contribution in [2.75, 3.05) is 11.9 Å². The molecule has 0 aliphatic carbocycles. The molecule has 0 bridgehead atoms. The number of phenolic OH excluding ortho intramolecular Hbond substituents is 1. The number of aromatic hydroxyl groups is 1. The van der Waals surface area contributed by atoms with E-state index >= 15 is 0 Å². The predicted octanol–water partition coefficient (Wildman–Crippen LogP) is 4.87. The van der Waals surface area contributed by atoms with Crippen LogP contribution >= 0.6 is 11.6 Å². The van der Waals surface area contributed by atoms with E-state index in [9.17, 15) is 9.90 Å². The van der Waals surface area contributed by atoms with Crippen LogP contribution in [0.4, 0.5) is 5.69 Å². The zero-order chi connectivity index (χ0) is 19.2. The summed E-state index contributed by atoms with van der Waals surface area (Å²) < 4.78 is 16.5. The monoisotopic (exact) mass is 387 g/mol. The van der Waals surface area contributed by atoms with Gasteiger partial charge in [-0.1, -0.05) is 11.6 Å². The van der Waals surface area contributed by atoms with Crippen molar-refractivity contribution in [2.45, 2.75) is 13.5 Å². The zero-order valence-corrected chi connectivity index (χ0v) is 15.3. The molecular formula is C20H18ClNO5. The number of halogens is 1. The van der Waals surface area contributed by atoms with Gasteiger partial charge in [-0.05, 0) is 61.5 Å². The molecule has 3 aromatic rings. The summed E-state index contributed by atoms with van der Waals surface area (Å²) in [4.78, 5) is 12.3. The van der Waals surface area contributed by atoms with Crippen LogP contribution in [0, 0.1) is 0 Å². The van der Waals surface area contributed by atoms with Gasteiger partial charge in [0, 0.05) is 5.02 Å². The SMILES string of the molecule is CCOc1ccc(OCc2ccc(C(=O)Nc3cc(Cl)ccc3O)o2)cc1. The lowest BCUT2D eigenvalue weighted by Crippen LogP contribution is -2.11. The molecule has 7 heteroatoms. The molecular weight excluding hydrogens is 370 g/mol. The van der Waals surface area contributed by atoms with E-state index in [1.165, 1.54) is 24.3 Å². The highest BCUT2D eigenvalue weighted by Crippen LogP contribution is 2.27. The average Bonchev–Trinajstić information content (AvgIpc) is 3.14. The average molecular weight is 388 g/mol. The lowest BCUT2D eigenvalue weighted by Gasteiger charge is -2.07. The number of hydrogen-bond acceptors (Lipinski definition) is 5. The van der Waals surface area contributed by atoms with Gasteiger partial charge in [-0.2, -0.15) is 0 Å². The van der Waals surface area contributed by atoms with E-state index in [-0.39, 0.29) is 23.8 Å². The molecule has 0 saturated heterocycles. The van der Waals surface area contributed by atoms with Crippen molar-refractivity contribution in [1.82, 2.24) is 0 Å². The van der Waals surface area contributed by atoms with Gasteiger partial charge in [0.05, 0.1) is 12.3 Å². The predicted molar refractivity (Wildman–Crippen MR) is 102 cm³/mol. The van der Waals surface area contributed by atoms with Crippen LogP contribution in [0.1, 0.15) is 23.2 Å². The van der Waals surface area contributed by atoms with Crippen LogP contribution in [0.5, 0.6) is 17.2 Å². The number of anilines is 1. The molecule has 0 unspecified atom stereocenters. The highest BCUT2D eigenvalue weighted by molar-refractivity contribution is 6.31. The topological polar surface area (TPSA) is 80.9 Å². The van der Waals surface area contributed by atoms with Gasteiger partial charge >= 0.3 is 0 Å². The van der Waals surface area contributed by atoms with Gasteiger partial charge in [-0.25, -0.2) is 0 Å². The smallest absolute Gasteiger partial charge is 0.291 e. The summed E-state index contributed by atoms with van der Waals surface area (Å²) in [5.74, 6) is 1.43. The fourth-order valence-corrected chi connectivity index (χ4v) is 2.50. The van der Waals surface area contributed by atoms with Crippen molar-refractivity contribution in [3.63, 3.8) is 0 Å². The highest BCUT2D eigenvalue weighted by atomic mass is 35.5. The maximum absolute atomic E-state index is 12.3. The van der Waals surface area contributed by atoms with E-state index in [1.54, 1.807) is 18.2 Å². The highest BCUT2D eigenvalue weighted by Gasteiger charge is 2.14. The Kier molecular flexibility index (Phi) is 5.88. The first kappa shape index (κ1) is 18.7. The van der Waals surface area contributed by atoms with Crippen molar-refractivity contribution >= 4 is 23.2 Å². The van der Waals surface area contributed by atoms with E-state index in [4.69, 9.17) is 25.5 Å². The van der Waals surface area contributed by atoms with E-state index < -0.39 is 5.91 Å². The Morgan fingerprint density at radius 2 is 1.78 bits per heavy atom. The summed E-state index contributed by atoms with van der Waals surface area (Å²) in [5, 5.41) is 12.7. The van der Waals surface area contributed by atoms with Crippen LogP contribution < -0.4 is 14.8 Å². The van der Waals surface area contributed by atoms with Crippen molar-refractivity contribution in [2.24, 2.45) is 0 Å². The Balaban J connectivity index is 1.59. The molecule has 1 aromatic heterocycles. The van der Waals surface area contributed by atoms with Crippen LogP contribution in [0.25, 0.3) is 0 Å². The van der Waals surface area contributed by atoms with Gasteiger partial charge in [0.15, 0.2) is 5.76 Å². The minimum atomic E-state index is -0.500. The molecule has 0 aliphatic rings. The first-order valence-electron chi connectivity index (χ1n) is 8.29. The Morgan fingerprint density at radius 1 is 1.07 bits per heavy atom. The summed E-state index contributed by atoms with van der Waals surface area (Å²) in [5.41, 5.74) is 0.205. The fourth-order valence-electron chi connectivity index (χ4n) is 2.32. The summed E-state index contributed by atoms with van der Waals surface area (Å²) in [6, 6.07) is 14.8. The van der Waals surface area contributed by atoms with Gasteiger partial charge in [0.25, 0.3) is 5.91 Å². The fraction of sp³-hybridized carbons (Fsp3) is 0.150. The van der Waals surface area contributed by atoms with Crippen molar-refractivity contribution in [1.29, 1.82) is 0 Å². The molecule has 2 aromatic carbocycles. The van der Waals surface area contributed by atoms with Crippen molar-refractivity contribution < 1.29 is 23.8 Å². The quantitative estimate of drug-likeness (QED) is 0.565. The van der Waals surface area contributed by atoms with Gasteiger partial charge < -0.3 is 24.3 Å². The standard InChI is InChI=1S/C20H18ClNO5/c1-2-25-14-4-6-15(7-5-14)26-12-16-8-10-19(27-16)20(24)22-17-11-13(21)3-9-18(17)23/h3-11,23H,2,12H2,1H3,(H,22,24). The third-order valence-electron chi connectivity index (χ3n) is 3.61. The summed E-state index contributed by atoms with van der Waals surface area (Å²) in [7, 11) is 0. The number of amides is 1. The number of carbonyl (C=O) groups excluding carboxylic acids is 1. The molecule has 0 fully saturated rings. The Bertz CT molecular complexity index is 920. The third-order valence-corrected chi connectivity index (χ3v) is 3.84. The molecule has 0 saturated carbocycles. The van der Waals surface area contributed by atoms with Crippen molar-refractivity contribution in [3.8, 4) is 17.2 Å². The van der Waals surface area contributed by atoms with Crippen LogP contribution in [-0.4, -0.2) is 17.6 Å². The van der Waals surface area contributed by atoms with Crippen molar-refractivity contribution in [3.05, 3.63) is 71.1 Å². The number of hydrogen-bond donors (Lipinski definition) is 2. The third kappa shape index (κ3) is 4.95. The molecule has 0 aliphatic heterocycles. The normalized spacial score (nSPS) is 10.4. The molecule has 0 atom stereocenters. The molecule has 1 heterocycles. The lowest BCUT2D eigenvalue weighted by molar-refractivity contribution is 0.0992. The maximum atomic E-state index is 12.3.